The lowest BCUT2D eigenvalue weighted by Gasteiger charge is -2.26. The molecule has 7 rings (SSSR count). The molecule has 0 atom stereocenters. The third-order valence-corrected chi connectivity index (χ3v) is 8.25. The number of nitrogens with one attached hydrogen (secondary N) is 1. The molecule has 0 aliphatic carbocycles. The van der Waals surface area contributed by atoms with Gasteiger partial charge in [-0.1, -0.05) is 97.1 Å². The molecule has 5 aromatic carbocycles. The first-order valence-corrected chi connectivity index (χ1v) is 13.7. The van der Waals surface area contributed by atoms with Gasteiger partial charge in [0.25, 0.3) is 0 Å². The van der Waals surface area contributed by atoms with Crippen molar-refractivity contribution in [1.29, 1.82) is 0 Å². The third kappa shape index (κ3) is 4.07. The second kappa shape index (κ2) is 9.70. The van der Waals surface area contributed by atoms with Crippen molar-refractivity contribution in [2.75, 3.05) is 16.8 Å². The summed E-state index contributed by atoms with van der Waals surface area (Å²) in [6.07, 6.45) is 2.31. The van der Waals surface area contributed by atoms with Crippen LogP contribution in [0.4, 0.5) is 22.1 Å². The van der Waals surface area contributed by atoms with Crippen molar-refractivity contribution in [2.45, 2.75) is 0 Å². The van der Waals surface area contributed by atoms with Crippen LogP contribution in [0.15, 0.2) is 140 Å². The van der Waals surface area contributed by atoms with Crippen LogP contribution in [0.1, 0.15) is 11.1 Å². The Morgan fingerprint density at radius 3 is 1.79 bits per heavy atom. The molecule has 182 valence electrons. The number of rotatable bonds is 5. The van der Waals surface area contributed by atoms with Gasteiger partial charge in [-0.2, -0.15) is 0 Å². The van der Waals surface area contributed by atoms with Gasteiger partial charge in [-0.3, -0.25) is 0 Å². The van der Waals surface area contributed by atoms with Gasteiger partial charge in [0.15, 0.2) is 0 Å². The summed E-state index contributed by atoms with van der Waals surface area (Å²) in [5.41, 5.74) is 9.72. The molecule has 38 heavy (non-hydrogen) atoms. The van der Waals surface area contributed by atoms with E-state index in [1.54, 1.807) is 0 Å². The predicted octanol–water partition coefficient (Wildman–Crippen LogP) is 9.90. The van der Waals surface area contributed by atoms with Crippen LogP contribution in [0, 0.1) is 0 Å². The summed E-state index contributed by atoms with van der Waals surface area (Å²) in [6, 6.07) is 47.6. The number of para-hydroxylation sites is 1. The molecule has 1 aliphatic heterocycles. The van der Waals surface area contributed by atoms with Gasteiger partial charge in [0.2, 0.25) is 0 Å². The van der Waals surface area contributed by atoms with Gasteiger partial charge in [0, 0.05) is 39.3 Å². The number of thiophene rings is 1. The minimum Gasteiger partial charge on any atom is -0.373 e. The number of hydrogen-bond acceptors (Lipinski definition) is 3. The zero-order valence-electron chi connectivity index (χ0n) is 20.8. The molecule has 0 saturated heterocycles. The van der Waals surface area contributed by atoms with Crippen molar-refractivity contribution < 1.29 is 0 Å². The van der Waals surface area contributed by atoms with Crippen LogP contribution >= 0.6 is 11.3 Å². The molecule has 1 N–H and O–H groups in total. The van der Waals surface area contributed by atoms with Crippen LogP contribution in [0.2, 0.25) is 0 Å². The quantitative estimate of drug-likeness (QED) is 0.250. The van der Waals surface area contributed by atoms with Crippen molar-refractivity contribution in [3.05, 3.63) is 151 Å². The second-order valence-electron chi connectivity index (χ2n) is 9.43. The fourth-order valence-electron chi connectivity index (χ4n) is 5.30. The van der Waals surface area contributed by atoms with Gasteiger partial charge < -0.3 is 10.2 Å². The Bertz CT molecular complexity index is 1730. The number of nitrogens with zero attached hydrogens (tertiary/aromatic N) is 1. The highest BCUT2D eigenvalue weighted by molar-refractivity contribution is 7.23. The van der Waals surface area contributed by atoms with Crippen LogP contribution in [0.25, 0.3) is 26.8 Å². The molecule has 2 nitrogen and oxygen atoms in total. The fourth-order valence-corrected chi connectivity index (χ4v) is 6.42. The number of benzene rings is 5. The van der Waals surface area contributed by atoms with E-state index in [1.165, 1.54) is 42.9 Å². The predicted molar refractivity (Wildman–Crippen MR) is 164 cm³/mol. The van der Waals surface area contributed by atoms with Crippen molar-refractivity contribution in [1.82, 2.24) is 0 Å². The van der Waals surface area contributed by atoms with Crippen LogP contribution in [-0.2, 0) is 0 Å². The van der Waals surface area contributed by atoms with Gasteiger partial charge >= 0.3 is 0 Å². The minimum atomic E-state index is 0.848. The summed E-state index contributed by atoms with van der Waals surface area (Å²) in [5.74, 6) is 0. The smallest absolute Gasteiger partial charge is 0.0977 e. The maximum absolute atomic E-state index is 3.57. The first-order chi connectivity index (χ1) is 18.8. The van der Waals surface area contributed by atoms with E-state index in [2.05, 4.69) is 150 Å². The Balaban J connectivity index is 1.26. The maximum Gasteiger partial charge on any atom is 0.0977 e. The Kier molecular flexibility index (Phi) is 5.76. The largest absolute Gasteiger partial charge is 0.373 e. The number of fused-ring (bicyclic) bond motifs is 3. The fraction of sp³-hybridized carbons (Fsp3) is 0.0286. The second-order valence-corrected chi connectivity index (χ2v) is 10.5. The van der Waals surface area contributed by atoms with Crippen LogP contribution in [-0.4, -0.2) is 6.54 Å². The molecule has 1 aliphatic rings. The van der Waals surface area contributed by atoms with E-state index in [0.29, 0.717) is 0 Å². The average Bonchev–Trinajstić information content (AvgIpc) is 3.38. The molecule has 3 heteroatoms. The molecule has 0 unspecified atom stereocenters. The summed E-state index contributed by atoms with van der Waals surface area (Å²) >= 11 is 1.84. The lowest BCUT2D eigenvalue weighted by atomic mass is 9.94. The molecule has 0 fully saturated rings. The summed E-state index contributed by atoms with van der Waals surface area (Å²) in [5, 5.41) is 6.15. The van der Waals surface area contributed by atoms with E-state index in [0.717, 1.165) is 23.6 Å². The lowest BCUT2D eigenvalue weighted by Crippen LogP contribution is -2.10. The molecular weight excluding hydrogens is 480 g/mol. The van der Waals surface area contributed by atoms with Crippen molar-refractivity contribution >= 4 is 49.1 Å². The van der Waals surface area contributed by atoms with E-state index in [1.807, 2.05) is 11.3 Å². The highest BCUT2D eigenvalue weighted by atomic mass is 32.1. The first-order valence-electron chi connectivity index (χ1n) is 12.9. The molecule has 0 radical (unpaired) electrons. The Morgan fingerprint density at radius 1 is 0.526 bits per heavy atom. The van der Waals surface area contributed by atoms with Gasteiger partial charge in [0.05, 0.1) is 5.00 Å². The zero-order chi connectivity index (χ0) is 25.3. The topological polar surface area (TPSA) is 15.3 Å². The van der Waals surface area contributed by atoms with Gasteiger partial charge in [0.1, 0.15) is 0 Å². The van der Waals surface area contributed by atoms with E-state index in [9.17, 15) is 0 Å². The SMILES string of the molecule is C1=C(c2ccc(N(c3ccccc3)c3ccc(-c4ccccc4)cc3)cc2)c2c(sc3ccccc23)NC1. The normalized spacial score (nSPS) is 12.5. The summed E-state index contributed by atoms with van der Waals surface area (Å²) in [4.78, 5) is 2.32. The van der Waals surface area contributed by atoms with Gasteiger partial charge in [-0.25, -0.2) is 0 Å². The molecule has 0 amide bonds. The molecule has 6 aromatic rings. The number of hydrogen-bond donors (Lipinski definition) is 1. The molecule has 0 bridgehead atoms. The van der Waals surface area contributed by atoms with E-state index < -0.39 is 0 Å². The first kappa shape index (κ1) is 22.6. The molecule has 0 saturated carbocycles. The highest BCUT2D eigenvalue weighted by Gasteiger charge is 2.20. The molecule has 1 aromatic heterocycles. The Labute approximate surface area is 227 Å². The molecule has 2 heterocycles. The van der Waals surface area contributed by atoms with Crippen molar-refractivity contribution in [3.63, 3.8) is 0 Å². The lowest BCUT2D eigenvalue weighted by molar-refractivity contribution is 1.28. The van der Waals surface area contributed by atoms with E-state index in [-0.39, 0.29) is 0 Å². The van der Waals surface area contributed by atoms with Gasteiger partial charge in [-0.15, -0.1) is 11.3 Å². The average molecular weight is 507 g/mol. The van der Waals surface area contributed by atoms with Crippen LogP contribution < -0.4 is 10.2 Å². The van der Waals surface area contributed by atoms with Gasteiger partial charge in [-0.05, 0) is 64.7 Å². The zero-order valence-corrected chi connectivity index (χ0v) is 21.7. The Morgan fingerprint density at radius 2 is 1.08 bits per heavy atom. The standard InChI is InChI=1S/C35H26N2S/c1-3-9-25(10-4-1)26-15-19-29(20-16-26)37(28-11-5-2-6-12-28)30-21-17-27(18-22-30)31-23-24-36-35-34(31)32-13-7-8-14-33(32)38-35/h1-23,36H,24H2. The van der Waals surface area contributed by atoms with E-state index >= 15 is 0 Å². The van der Waals surface area contributed by atoms with Crippen LogP contribution in [0.3, 0.4) is 0 Å². The third-order valence-electron chi connectivity index (χ3n) is 7.12. The summed E-state index contributed by atoms with van der Waals surface area (Å²) in [6.45, 7) is 0.848. The summed E-state index contributed by atoms with van der Waals surface area (Å²) in [7, 11) is 0. The van der Waals surface area contributed by atoms with Crippen molar-refractivity contribution in [2.24, 2.45) is 0 Å². The number of anilines is 4. The molecule has 0 spiro atoms. The van der Waals surface area contributed by atoms with Crippen LogP contribution in [0.5, 0.6) is 0 Å². The summed E-state index contributed by atoms with van der Waals surface area (Å²) < 4.78 is 1.32. The van der Waals surface area contributed by atoms with E-state index in [4.69, 9.17) is 0 Å². The Hall–Kier alpha value is -4.60. The minimum absolute atomic E-state index is 0.848. The highest BCUT2D eigenvalue weighted by Crippen LogP contribution is 2.44. The molecular formula is C35H26N2S. The maximum atomic E-state index is 3.57. The monoisotopic (exact) mass is 506 g/mol. The van der Waals surface area contributed by atoms with Crippen molar-refractivity contribution in [3.8, 4) is 11.1 Å².